The van der Waals surface area contributed by atoms with E-state index >= 15 is 0 Å². The molecule has 0 radical (unpaired) electrons. The molecule has 3 heterocycles. The second-order valence-corrected chi connectivity index (χ2v) is 4.86. The molecule has 7 nitrogen and oxygen atoms in total. The van der Waals surface area contributed by atoms with Gasteiger partial charge in [0.1, 0.15) is 11.4 Å². The zero-order valence-corrected chi connectivity index (χ0v) is 13.4. The number of halogens is 3. The van der Waals surface area contributed by atoms with Gasteiger partial charge in [0.25, 0.3) is 5.88 Å². The van der Waals surface area contributed by atoms with E-state index in [1.165, 1.54) is 47.2 Å². The molecule has 0 aliphatic rings. The molecule has 3 aromatic rings. The van der Waals surface area contributed by atoms with E-state index in [0.717, 1.165) is 0 Å². The topological polar surface area (TPSA) is 88.8 Å². The van der Waals surface area contributed by atoms with Crippen LogP contribution in [0, 0.1) is 0 Å². The number of nitrogens with zero attached hydrogens (tertiary/aromatic N) is 3. The number of aromatic carboxylic acids is 1. The summed E-state index contributed by atoms with van der Waals surface area (Å²) in [6, 6.07) is 6.86. The Bertz CT molecular complexity index is 930. The minimum atomic E-state index is -4.50. The van der Waals surface area contributed by atoms with Crippen molar-refractivity contribution in [2.75, 3.05) is 6.61 Å². The molecule has 0 saturated heterocycles. The normalized spacial score (nSPS) is 11.0. The third kappa shape index (κ3) is 4.68. The van der Waals surface area contributed by atoms with Crippen molar-refractivity contribution < 1.29 is 51.4 Å². The van der Waals surface area contributed by atoms with Crippen LogP contribution in [0.4, 0.5) is 13.2 Å². The van der Waals surface area contributed by atoms with Crippen molar-refractivity contribution in [2.45, 2.75) is 6.18 Å². The fourth-order valence-corrected chi connectivity index (χ4v) is 1.97. The van der Waals surface area contributed by atoms with Crippen LogP contribution in [-0.4, -0.2) is 33.4 Å². The van der Waals surface area contributed by atoms with Crippen LogP contribution in [0.2, 0.25) is 0 Å². The number of aromatic nitrogens is 3. The molecule has 3 rings (SSSR count). The molecule has 0 amide bonds. The van der Waals surface area contributed by atoms with Crippen LogP contribution in [0.3, 0.4) is 0 Å². The van der Waals surface area contributed by atoms with Gasteiger partial charge in [-0.3, -0.25) is 0 Å². The summed E-state index contributed by atoms with van der Waals surface area (Å²) in [6.45, 7) is -1.48. The Morgan fingerprint density at radius 1 is 1.27 bits per heavy atom. The average Bonchev–Trinajstić information content (AvgIpc) is 2.97. The van der Waals surface area contributed by atoms with Crippen LogP contribution < -0.4 is 33.4 Å². The van der Waals surface area contributed by atoms with E-state index in [4.69, 9.17) is 4.74 Å². The predicted octanol–water partition coefficient (Wildman–Crippen LogP) is -1.17. The fraction of sp³-hybridized carbons (Fsp3) is 0.133. The van der Waals surface area contributed by atoms with Crippen LogP contribution in [-0.2, 0) is 0 Å². The van der Waals surface area contributed by atoms with Gasteiger partial charge >= 0.3 is 25.0 Å². The number of alkyl halides is 3. The number of carboxylic acid groups (broad SMARTS) is 1. The molecule has 0 aliphatic heterocycles. The van der Waals surface area contributed by atoms with E-state index in [1.54, 1.807) is 0 Å². The van der Waals surface area contributed by atoms with E-state index in [0.29, 0.717) is 5.52 Å². The summed E-state index contributed by atoms with van der Waals surface area (Å²) >= 11 is 0. The molecule has 0 N–H and O–H groups in total. The van der Waals surface area contributed by atoms with Crippen molar-refractivity contribution in [3.05, 3.63) is 48.4 Å². The molecule has 11 heteroatoms. The third-order valence-electron chi connectivity index (χ3n) is 2.99. The third-order valence-corrected chi connectivity index (χ3v) is 2.99. The summed E-state index contributed by atoms with van der Waals surface area (Å²) in [5.41, 5.74) is 0.134. The first-order valence-corrected chi connectivity index (χ1v) is 6.85. The number of pyridine rings is 2. The van der Waals surface area contributed by atoms with Gasteiger partial charge in [0, 0.05) is 18.5 Å². The maximum atomic E-state index is 12.3. The van der Waals surface area contributed by atoms with Gasteiger partial charge in [0.05, 0.1) is 11.5 Å². The number of ether oxygens (including phenoxy) is 2. The average molecular weight is 359 g/mol. The van der Waals surface area contributed by atoms with Gasteiger partial charge in [-0.05, 0) is 24.3 Å². The molecule has 130 valence electrons. The maximum Gasteiger partial charge on any atom is 1.00 e. The molecule has 0 fully saturated rings. The molecule has 0 aromatic carbocycles. The fourth-order valence-electron chi connectivity index (χ4n) is 1.97. The van der Waals surface area contributed by atoms with E-state index < -0.39 is 18.8 Å². The van der Waals surface area contributed by atoms with Gasteiger partial charge in [-0.15, -0.1) is 0 Å². The van der Waals surface area contributed by atoms with Crippen molar-refractivity contribution in [3.63, 3.8) is 0 Å². The van der Waals surface area contributed by atoms with E-state index in [9.17, 15) is 23.1 Å². The molecule has 0 atom stereocenters. The molecule has 0 aliphatic carbocycles. The Balaban J connectivity index is 0.00000243. The van der Waals surface area contributed by atoms with E-state index in [-0.39, 0.29) is 41.9 Å². The quantitative estimate of drug-likeness (QED) is 0.534. The van der Waals surface area contributed by atoms with Gasteiger partial charge in [0.2, 0.25) is 0 Å². The standard InChI is InChI=1S/C15H10F3N3O4.Li/c16-15(17,18)8-24-12-2-1-4-19-13(12)25-10-3-5-21-9(6-10)7-11(20-21)14(22)23;/h1-7H,8H2,(H,22,23);/q;+1/p-1. The summed E-state index contributed by atoms with van der Waals surface area (Å²) in [4.78, 5) is 14.7. The summed E-state index contributed by atoms with van der Waals surface area (Å²) in [7, 11) is 0. The monoisotopic (exact) mass is 359 g/mol. The molecule has 0 saturated carbocycles. The number of carbonyl (C=O) groups is 1. The number of hydrogen-bond donors (Lipinski definition) is 0. The SMILES string of the molecule is O=C([O-])c1cc2cc(Oc3ncccc3OCC(F)(F)F)ccn2n1.[Li+]. The summed E-state index contributed by atoms with van der Waals surface area (Å²) in [5, 5.41) is 14.6. The van der Waals surface area contributed by atoms with E-state index in [1.807, 2.05) is 0 Å². The Hall–Kier alpha value is -2.70. The minimum Gasteiger partial charge on any atom is -0.543 e. The Morgan fingerprint density at radius 3 is 2.73 bits per heavy atom. The summed E-state index contributed by atoms with van der Waals surface area (Å²) in [5.74, 6) is -1.55. The zero-order valence-electron chi connectivity index (χ0n) is 13.4. The van der Waals surface area contributed by atoms with Crippen LogP contribution in [0.15, 0.2) is 42.7 Å². The Kier molecular flexibility index (Phi) is 5.79. The van der Waals surface area contributed by atoms with E-state index in [2.05, 4.69) is 14.8 Å². The van der Waals surface area contributed by atoms with Gasteiger partial charge in [0.15, 0.2) is 12.4 Å². The van der Waals surface area contributed by atoms with Crippen molar-refractivity contribution in [3.8, 4) is 17.4 Å². The van der Waals surface area contributed by atoms with Gasteiger partial charge in [-0.25, -0.2) is 9.50 Å². The van der Waals surface area contributed by atoms with Crippen molar-refractivity contribution in [1.82, 2.24) is 14.6 Å². The number of rotatable bonds is 5. The molecule has 26 heavy (non-hydrogen) atoms. The van der Waals surface area contributed by atoms with Gasteiger partial charge in [-0.1, -0.05) is 0 Å². The second kappa shape index (κ2) is 7.68. The molecular formula is C15H9F3LiN3O4. The van der Waals surface area contributed by atoms with Crippen LogP contribution >= 0.6 is 0 Å². The van der Waals surface area contributed by atoms with Gasteiger partial charge < -0.3 is 19.4 Å². The van der Waals surface area contributed by atoms with Crippen molar-refractivity contribution in [2.24, 2.45) is 0 Å². The minimum absolute atomic E-state index is 0. The first kappa shape index (κ1) is 19.6. The Morgan fingerprint density at radius 2 is 2.04 bits per heavy atom. The molecule has 0 bridgehead atoms. The molecule has 0 unspecified atom stereocenters. The number of fused-ring (bicyclic) bond motifs is 1. The Labute approximate surface area is 156 Å². The first-order chi connectivity index (χ1) is 11.8. The molecular weight excluding hydrogens is 350 g/mol. The van der Waals surface area contributed by atoms with Crippen LogP contribution in [0.25, 0.3) is 5.52 Å². The van der Waals surface area contributed by atoms with Gasteiger partial charge in [-0.2, -0.15) is 18.3 Å². The first-order valence-electron chi connectivity index (χ1n) is 6.85. The predicted molar refractivity (Wildman–Crippen MR) is 75.4 cm³/mol. The number of carboxylic acids is 1. The number of carbonyl (C=O) groups excluding carboxylic acids is 1. The zero-order chi connectivity index (χ0) is 18.0. The summed E-state index contributed by atoms with van der Waals surface area (Å²) in [6.07, 6.45) is -1.73. The van der Waals surface area contributed by atoms with Crippen LogP contribution in [0.5, 0.6) is 17.4 Å². The molecule has 0 spiro atoms. The van der Waals surface area contributed by atoms with Crippen LogP contribution in [0.1, 0.15) is 10.5 Å². The maximum absolute atomic E-state index is 12.3. The second-order valence-electron chi connectivity index (χ2n) is 4.86. The largest absolute Gasteiger partial charge is 1.00 e. The molecule has 3 aromatic heterocycles. The smallest absolute Gasteiger partial charge is 0.543 e. The number of hydrogen-bond acceptors (Lipinski definition) is 6. The van der Waals surface area contributed by atoms with Crippen molar-refractivity contribution in [1.29, 1.82) is 0 Å². The summed E-state index contributed by atoms with van der Waals surface area (Å²) < 4.78 is 48.3. The van der Waals surface area contributed by atoms with Crippen molar-refractivity contribution >= 4 is 11.5 Å².